The highest BCUT2D eigenvalue weighted by molar-refractivity contribution is 5.77. The monoisotopic (exact) mass is 353 g/mol. The molecule has 0 spiro atoms. The number of carbonyl (C=O) groups excluding carboxylic acids is 2. The van der Waals surface area contributed by atoms with Crippen LogP contribution < -0.4 is 0 Å². The molecule has 0 aromatic heterocycles. The van der Waals surface area contributed by atoms with E-state index in [9.17, 15) is 9.59 Å². The van der Waals surface area contributed by atoms with Gasteiger partial charge in [-0.15, -0.1) is 0 Å². The maximum Gasteiger partial charge on any atom is 0.307 e. The Morgan fingerprint density at radius 3 is 2.15 bits per heavy atom. The standard InChI is InChI=1S/C22H27NO3/c1-3-18-9-11-19(12-10-18)13-14-21(24)23(16-15-22(25)26-2)17-20-7-5-4-6-8-20/h4-12H,3,13-17H2,1-2H3. The first-order valence-electron chi connectivity index (χ1n) is 9.08. The zero-order valence-corrected chi connectivity index (χ0v) is 15.6. The van der Waals surface area contributed by atoms with Crippen LogP contribution in [0, 0.1) is 0 Å². The van der Waals surface area contributed by atoms with E-state index in [-0.39, 0.29) is 18.3 Å². The van der Waals surface area contributed by atoms with E-state index in [1.807, 2.05) is 30.3 Å². The first-order valence-corrected chi connectivity index (χ1v) is 9.08. The van der Waals surface area contributed by atoms with E-state index in [1.54, 1.807) is 4.90 Å². The Labute approximate surface area is 155 Å². The zero-order valence-electron chi connectivity index (χ0n) is 15.6. The number of hydrogen-bond donors (Lipinski definition) is 0. The molecule has 0 aliphatic heterocycles. The number of esters is 1. The predicted octanol–water partition coefficient (Wildman–Crippen LogP) is 3.77. The van der Waals surface area contributed by atoms with Crippen LogP contribution in [0.4, 0.5) is 0 Å². The summed E-state index contributed by atoms with van der Waals surface area (Å²) in [4.78, 5) is 25.9. The molecule has 4 nitrogen and oxygen atoms in total. The van der Waals surface area contributed by atoms with Crippen LogP contribution in [-0.4, -0.2) is 30.4 Å². The molecule has 138 valence electrons. The fourth-order valence-corrected chi connectivity index (χ4v) is 2.78. The summed E-state index contributed by atoms with van der Waals surface area (Å²) in [5, 5.41) is 0. The molecule has 0 unspecified atom stereocenters. The first-order chi connectivity index (χ1) is 12.6. The van der Waals surface area contributed by atoms with E-state index >= 15 is 0 Å². The third-order valence-corrected chi connectivity index (χ3v) is 4.44. The van der Waals surface area contributed by atoms with Gasteiger partial charge >= 0.3 is 5.97 Å². The van der Waals surface area contributed by atoms with Crippen LogP contribution in [0.5, 0.6) is 0 Å². The van der Waals surface area contributed by atoms with Crippen LogP contribution in [0.1, 0.15) is 36.5 Å². The number of rotatable bonds is 9. The molecule has 2 aromatic carbocycles. The van der Waals surface area contributed by atoms with Gasteiger partial charge in [0.1, 0.15) is 0 Å². The lowest BCUT2D eigenvalue weighted by molar-refractivity contribution is -0.141. The molecule has 0 saturated carbocycles. The normalized spacial score (nSPS) is 10.4. The van der Waals surface area contributed by atoms with Gasteiger partial charge in [0.25, 0.3) is 0 Å². The summed E-state index contributed by atoms with van der Waals surface area (Å²) in [6.07, 6.45) is 2.35. The van der Waals surface area contributed by atoms with Crippen molar-refractivity contribution in [2.45, 2.75) is 39.2 Å². The zero-order chi connectivity index (χ0) is 18.8. The number of nitrogens with zero attached hydrogens (tertiary/aromatic N) is 1. The molecule has 0 saturated heterocycles. The van der Waals surface area contributed by atoms with Crippen LogP contribution in [0.25, 0.3) is 0 Å². The summed E-state index contributed by atoms with van der Waals surface area (Å²) < 4.78 is 4.70. The van der Waals surface area contributed by atoms with Crippen LogP contribution >= 0.6 is 0 Å². The maximum atomic E-state index is 12.7. The summed E-state index contributed by atoms with van der Waals surface area (Å²) in [5.41, 5.74) is 3.50. The van der Waals surface area contributed by atoms with Gasteiger partial charge in [-0.2, -0.15) is 0 Å². The fourth-order valence-electron chi connectivity index (χ4n) is 2.78. The molecule has 26 heavy (non-hydrogen) atoms. The molecule has 2 aromatic rings. The topological polar surface area (TPSA) is 46.6 Å². The summed E-state index contributed by atoms with van der Waals surface area (Å²) in [5.74, 6) is -0.247. The molecule has 4 heteroatoms. The van der Waals surface area contributed by atoms with Gasteiger partial charge in [-0.3, -0.25) is 9.59 Å². The summed E-state index contributed by atoms with van der Waals surface area (Å²) in [6, 6.07) is 18.2. The Hall–Kier alpha value is -2.62. The third-order valence-electron chi connectivity index (χ3n) is 4.44. The minimum Gasteiger partial charge on any atom is -0.469 e. The molecule has 0 radical (unpaired) electrons. The van der Waals surface area contributed by atoms with Gasteiger partial charge in [-0.25, -0.2) is 0 Å². The van der Waals surface area contributed by atoms with Gasteiger partial charge < -0.3 is 9.64 Å². The minimum absolute atomic E-state index is 0.0531. The molecular formula is C22H27NO3. The highest BCUT2D eigenvalue weighted by atomic mass is 16.5. The number of benzene rings is 2. The maximum absolute atomic E-state index is 12.7. The molecule has 0 fully saturated rings. The average Bonchev–Trinajstić information content (AvgIpc) is 2.70. The molecular weight excluding hydrogens is 326 g/mol. The van der Waals surface area contributed by atoms with Crippen molar-refractivity contribution in [2.24, 2.45) is 0 Å². The minimum atomic E-state index is -0.300. The lowest BCUT2D eigenvalue weighted by Gasteiger charge is -2.22. The number of carbonyl (C=O) groups is 2. The van der Waals surface area contributed by atoms with Gasteiger partial charge in [-0.1, -0.05) is 61.5 Å². The molecule has 0 heterocycles. The highest BCUT2D eigenvalue weighted by Crippen LogP contribution is 2.11. The Kier molecular flexibility index (Phi) is 7.87. The van der Waals surface area contributed by atoms with E-state index in [1.165, 1.54) is 12.7 Å². The lowest BCUT2D eigenvalue weighted by atomic mass is 10.1. The largest absolute Gasteiger partial charge is 0.469 e. The van der Waals surface area contributed by atoms with Crippen LogP contribution in [0.3, 0.4) is 0 Å². The Bertz CT molecular complexity index is 695. The Balaban J connectivity index is 1.97. The highest BCUT2D eigenvalue weighted by Gasteiger charge is 2.16. The first kappa shape index (κ1) is 19.7. The molecule has 1 amide bonds. The van der Waals surface area contributed by atoms with Gasteiger partial charge in [0.2, 0.25) is 5.91 Å². The number of methoxy groups -OCH3 is 1. The molecule has 2 rings (SSSR count). The van der Waals surface area contributed by atoms with Crippen molar-refractivity contribution in [2.75, 3.05) is 13.7 Å². The molecule has 0 bridgehead atoms. The number of ether oxygens (including phenoxy) is 1. The van der Waals surface area contributed by atoms with Gasteiger partial charge in [0, 0.05) is 19.5 Å². The van der Waals surface area contributed by atoms with Crippen molar-refractivity contribution >= 4 is 11.9 Å². The van der Waals surface area contributed by atoms with Crippen molar-refractivity contribution in [3.63, 3.8) is 0 Å². The Morgan fingerprint density at radius 2 is 1.54 bits per heavy atom. The van der Waals surface area contributed by atoms with Crippen molar-refractivity contribution in [3.8, 4) is 0 Å². The number of amides is 1. The van der Waals surface area contributed by atoms with Gasteiger partial charge in [-0.05, 0) is 29.5 Å². The summed E-state index contributed by atoms with van der Waals surface area (Å²) in [7, 11) is 1.37. The second kappa shape index (κ2) is 10.4. The third kappa shape index (κ3) is 6.36. The summed E-state index contributed by atoms with van der Waals surface area (Å²) >= 11 is 0. The molecule has 0 aliphatic carbocycles. The van der Waals surface area contributed by atoms with Crippen molar-refractivity contribution in [1.29, 1.82) is 0 Å². The fraction of sp³-hybridized carbons (Fsp3) is 0.364. The number of aryl methyl sites for hydroxylation is 2. The lowest BCUT2D eigenvalue weighted by Crippen LogP contribution is -2.33. The van der Waals surface area contributed by atoms with Crippen LogP contribution in [0.15, 0.2) is 54.6 Å². The van der Waals surface area contributed by atoms with Gasteiger partial charge in [0.15, 0.2) is 0 Å². The molecule has 0 N–H and O–H groups in total. The SMILES string of the molecule is CCc1ccc(CCC(=O)N(CCC(=O)OC)Cc2ccccc2)cc1. The van der Waals surface area contributed by atoms with Gasteiger partial charge in [0.05, 0.1) is 13.5 Å². The second-order valence-electron chi connectivity index (χ2n) is 6.30. The van der Waals surface area contributed by atoms with E-state index < -0.39 is 0 Å². The smallest absolute Gasteiger partial charge is 0.307 e. The van der Waals surface area contributed by atoms with E-state index in [2.05, 4.69) is 31.2 Å². The second-order valence-corrected chi connectivity index (χ2v) is 6.30. The molecule has 0 atom stereocenters. The van der Waals surface area contributed by atoms with Crippen molar-refractivity contribution in [1.82, 2.24) is 4.90 Å². The van der Waals surface area contributed by atoms with Crippen molar-refractivity contribution < 1.29 is 14.3 Å². The Morgan fingerprint density at radius 1 is 0.885 bits per heavy atom. The van der Waals surface area contributed by atoms with E-state index in [0.717, 1.165) is 17.5 Å². The predicted molar refractivity (Wildman–Crippen MR) is 103 cm³/mol. The number of hydrogen-bond acceptors (Lipinski definition) is 3. The van der Waals surface area contributed by atoms with Crippen LogP contribution in [0.2, 0.25) is 0 Å². The average molecular weight is 353 g/mol. The quantitative estimate of drug-likeness (QED) is 0.645. The summed E-state index contributed by atoms with van der Waals surface area (Å²) in [6.45, 7) is 3.00. The van der Waals surface area contributed by atoms with E-state index in [4.69, 9.17) is 4.74 Å². The van der Waals surface area contributed by atoms with Crippen molar-refractivity contribution in [3.05, 3.63) is 71.3 Å². The molecule has 0 aliphatic rings. The van der Waals surface area contributed by atoms with Crippen LogP contribution in [-0.2, 0) is 33.7 Å². The van der Waals surface area contributed by atoms with E-state index in [0.29, 0.717) is 25.9 Å².